The summed E-state index contributed by atoms with van der Waals surface area (Å²) in [5.74, 6) is 1.02. The molecule has 5 rings (SSSR count). The molecule has 2 heterocycles. The van der Waals surface area contributed by atoms with Crippen LogP contribution >= 0.6 is 0 Å². The molecule has 2 aromatic rings. The van der Waals surface area contributed by atoms with Crippen LogP contribution in [0.2, 0.25) is 0 Å². The van der Waals surface area contributed by atoms with E-state index in [4.69, 9.17) is 14.2 Å². The Morgan fingerprint density at radius 1 is 1.08 bits per heavy atom. The van der Waals surface area contributed by atoms with Crippen LogP contribution in [0, 0.1) is 5.92 Å². The molecule has 0 aromatic heterocycles. The Balaban J connectivity index is 1.21. The van der Waals surface area contributed by atoms with Gasteiger partial charge in [0.25, 0.3) is 0 Å². The molecule has 0 unspecified atom stereocenters. The minimum absolute atomic E-state index is 0.0127. The molecule has 210 valence electrons. The number of alkyl halides is 3. The van der Waals surface area contributed by atoms with Crippen LogP contribution in [0.1, 0.15) is 73.6 Å². The molecule has 1 aliphatic carbocycles. The number of esters is 1. The average molecular weight is 544 g/mol. The van der Waals surface area contributed by atoms with Gasteiger partial charge in [-0.25, -0.2) is 0 Å². The Morgan fingerprint density at radius 2 is 1.90 bits per heavy atom. The summed E-state index contributed by atoms with van der Waals surface area (Å²) in [6, 6.07) is 10.1. The predicted molar refractivity (Wildman–Crippen MR) is 143 cm³/mol. The van der Waals surface area contributed by atoms with Crippen molar-refractivity contribution in [1.82, 2.24) is 4.90 Å². The molecule has 2 aliphatic heterocycles. The average Bonchev–Trinajstić information content (AvgIpc) is 3.46. The maximum atomic E-state index is 13.8. The highest BCUT2D eigenvalue weighted by molar-refractivity contribution is 5.72. The minimum Gasteiger partial charge on any atom is -0.489 e. The second-order valence-corrected chi connectivity index (χ2v) is 10.8. The number of rotatable bonds is 8. The van der Waals surface area contributed by atoms with E-state index in [2.05, 4.69) is 11.0 Å². The molecule has 2 aromatic carbocycles. The van der Waals surface area contributed by atoms with Gasteiger partial charge >= 0.3 is 12.1 Å². The Bertz CT molecular complexity index is 1200. The molecule has 0 spiro atoms. The molecule has 3 aliphatic rings. The van der Waals surface area contributed by atoms with Crippen LogP contribution in [0.5, 0.6) is 11.5 Å². The van der Waals surface area contributed by atoms with Gasteiger partial charge in [0.2, 0.25) is 0 Å². The van der Waals surface area contributed by atoms with Crippen molar-refractivity contribution in [2.75, 3.05) is 32.8 Å². The Kier molecular flexibility index (Phi) is 8.50. The first-order valence-electron chi connectivity index (χ1n) is 14.0. The topological polar surface area (TPSA) is 48.0 Å². The van der Waals surface area contributed by atoms with Crippen molar-refractivity contribution in [1.29, 1.82) is 0 Å². The fourth-order valence-corrected chi connectivity index (χ4v) is 6.01. The molecule has 0 bridgehead atoms. The third kappa shape index (κ3) is 6.78. The van der Waals surface area contributed by atoms with E-state index in [-0.39, 0.29) is 24.4 Å². The van der Waals surface area contributed by atoms with Crippen molar-refractivity contribution in [3.05, 3.63) is 64.2 Å². The Hall–Kier alpha value is -3.00. The highest BCUT2D eigenvalue weighted by atomic mass is 19.4. The SMILES string of the molecule is CCOC(=O)[C@@H]1CCCN(CC2=Cc3ccc(OCc4ccc(C5CCCC5)c(C(F)(F)F)c4)cc3OC2)C1. The third-order valence-electron chi connectivity index (χ3n) is 7.93. The van der Waals surface area contributed by atoms with E-state index in [0.717, 1.165) is 62.8 Å². The molecule has 39 heavy (non-hydrogen) atoms. The number of hydrogen-bond donors (Lipinski definition) is 0. The maximum absolute atomic E-state index is 13.8. The number of carbonyl (C=O) groups excluding carboxylic acids is 1. The van der Waals surface area contributed by atoms with Crippen LogP contribution in [-0.4, -0.2) is 43.7 Å². The van der Waals surface area contributed by atoms with E-state index < -0.39 is 11.7 Å². The summed E-state index contributed by atoms with van der Waals surface area (Å²) in [7, 11) is 0. The summed E-state index contributed by atoms with van der Waals surface area (Å²) in [6.45, 7) is 5.07. The van der Waals surface area contributed by atoms with Gasteiger partial charge in [0.1, 0.15) is 24.7 Å². The first-order valence-corrected chi connectivity index (χ1v) is 14.0. The van der Waals surface area contributed by atoms with Crippen molar-refractivity contribution in [3.8, 4) is 11.5 Å². The van der Waals surface area contributed by atoms with Crippen molar-refractivity contribution in [2.24, 2.45) is 5.92 Å². The monoisotopic (exact) mass is 543 g/mol. The highest BCUT2D eigenvalue weighted by Crippen LogP contribution is 2.42. The third-order valence-corrected chi connectivity index (χ3v) is 7.93. The molecule has 0 radical (unpaired) electrons. The molecule has 1 saturated carbocycles. The quantitative estimate of drug-likeness (QED) is 0.336. The summed E-state index contributed by atoms with van der Waals surface area (Å²) in [5, 5.41) is 0. The Morgan fingerprint density at radius 3 is 2.67 bits per heavy atom. The lowest BCUT2D eigenvalue weighted by molar-refractivity contribution is -0.149. The van der Waals surface area contributed by atoms with E-state index >= 15 is 0 Å². The van der Waals surface area contributed by atoms with Gasteiger partial charge in [0.15, 0.2) is 0 Å². The summed E-state index contributed by atoms with van der Waals surface area (Å²) < 4.78 is 58.5. The second kappa shape index (κ2) is 12.0. The van der Waals surface area contributed by atoms with Gasteiger partial charge in [-0.3, -0.25) is 9.69 Å². The zero-order valence-corrected chi connectivity index (χ0v) is 22.4. The first kappa shape index (κ1) is 27.6. The zero-order valence-electron chi connectivity index (χ0n) is 22.4. The lowest BCUT2D eigenvalue weighted by Gasteiger charge is -2.32. The van der Waals surface area contributed by atoms with Gasteiger partial charge in [0.05, 0.1) is 18.1 Å². The summed E-state index contributed by atoms with van der Waals surface area (Å²) >= 11 is 0. The number of halogens is 3. The normalized spacial score (nSPS) is 20.2. The van der Waals surface area contributed by atoms with Gasteiger partial charge in [-0.05, 0) is 86.0 Å². The molecule has 1 saturated heterocycles. The number of fused-ring (bicyclic) bond motifs is 1. The summed E-state index contributed by atoms with van der Waals surface area (Å²) in [4.78, 5) is 14.4. The van der Waals surface area contributed by atoms with E-state index in [1.165, 1.54) is 6.07 Å². The van der Waals surface area contributed by atoms with Crippen LogP contribution in [0.4, 0.5) is 13.2 Å². The summed E-state index contributed by atoms with van der Waals surface area (Å²) in [5.41, 5.74) is 2.43. The number of ether oxygens (including phenoxy) is 3. The lowest BCUT2D eigenvalue weighted by atomic mass is 9.91. The largest absolute Gasteiger partial charge is 0.489 e. The van der Waals surface area contributed by atoms with E-state index in [1.54, 1.807) is 18.2 Å². The first-order chi connectivity index (χ1) is 18.8. The van der Waals surface area contributed by atoms with Crippen molar-refractivity contribution < 1.29 is 32.2 Å². The molecular weight excluding hydrogens is 507 g/mol. The van der Waals surface area contributed by atoms with Crippen molar-refractivity contribution >= 4 is 12.0 Å². The van der Waals surface area contributed by atoms with Gasteiger partial charge < -0.3 is 14.2 Å². The number of likely N-dealkylation sites (tertiary alicyclic amines) is 1. The van der Waals surface area contributed by atoms with Crippen LogP contribution in [0.15, 0.2) is 42.0 Å². The van der Waals surface area contributed by atoms with E-state index in [1.807, 2.05) is 19.1 Å². The maximum Gasteiger partial charge on any atom is 0.416 e. The molecule has 1 atom stereocenters. The van der Waals surface area contributed by atoms with Gasteiger partial charge in [-0.2, -0.15) is 13.2 Å². The lowest BCUT2D eigenvalue weighted by Crippen LogP contribution is -2.40. The van der Waals surface area contributed by atoms with Crippen LogP contribution in [0.3, 0.4) is 0 Å². The number of benzene rings is 2. The van der Waals surface area contributed by atoms with Crippen molar-refractivity contribution in [2.45, 2.75) is 64.1 Å². The molecule has 8 heteroatoms. The molecule has 0 N–H and O–H groups in total. The molecular formula is C31H36F3NO4. The number of piperidine rings is 1. The smallest absolute Gasteiger partial charge is 0.416 e. The molecule has 5 nitrogen and oxygen atoms in total. The van der Waals surface area contributed by atoms with Crippen LogP contribution in [0.25, 0.3) is 6.08 Å². The number of nitrogens with zero attached hydrogens (tertiary/aromatic N) is 1. The van der Waals surface area contributed by atoms with Gasteiger partial charge in [0, 0.05) is 24.7 Å². The van der Waals surface area contributed by atoms with Crippen LogP contribution in [-0.2, 0) is 22.3 Å². The summed E-state index contributed by atoms with van der Waals surface area (Å²) in [6.07, 6.45) is 3.14. The Labute approximate surface area is 227 Å². The van der Waals surface area contributed by atoms with Crippen LogP contribution < -0.4 is 9.47 Å². The van der Waals surface area contributed by atoms with Gasteiger partial charge in [-0.1, -0.05) is 25.0 Å². The number of carbonyl (C=O) groups is 1. The van der Waals surface area contributed by atoms with E-state index in [0.29, 0.717) is 42.4 Å². The molecule has 0 amide bonds. The second-order valence-electron chi connectivity index (χ2n) is 10.8. The predicted octanol–water partition coefficient (Wildman–Crippen LogP) is 6.99. The fraction of sp³-hybridized carbons (Fsp3) is 0.516. The zero-order chi connectivity index (χ0) is 27.4. The highest BCUT2D eigenvalue weighted by Gasteiger charge is 2.36. The fourth-order valence-electron chi connectivity index (χ4n) is 6.01. The van der Waals surface area contributed by atoms with Crippen molar-refractivity contribution in [3.63, 3.8) is 0 Å². The minimum atomic E-state index is -4.38. The van der Waals surface area contributed by atoms with E-state index in [9.17, 15) is 18.0 Å². The molecule has 2 fully saturated rings. The van der Waals surface area contributed by atoms with Gasteiger partial charge in [-0.15, -0.1) is 0 Å². The number of hydrogen-bond acceptors (Lipinski definition) is 5. The standard InChI is InChI=1S/C31H36F3NO4/c1-2-37-30(36)25-8-5-13-35(18-25)17-22-14-24-10-11-26(16-29(24)39-20-22)38-19-21-9-12-27(23-6-3-4-7-23)28(15-21)31(32,33)34/h9-12,14-16,23,25H,2-8,13,17-20H2,1H3/t25-/m1/s1.